The van der Waals surface area contributed by atoms with E-state index in [1.807, 2.05) is 17.1 Å². The minimum atomic E-state index is -0.0474. The first-order valence-corrected chi connectivity index (χ1v) is 8.42. The van der Waals surface area contributed by atoms with Gasteiger partial charge in [-0.05, 0) is 20.8 Å². The molecule has 24 heavy (non-hydrogen) atoms. The minimum absolute atomic E-state index is 0.0474. The van der Waals surface area contributed by atoms with E-state index in [1.54, 1.807) is 19.0 Å². The lowest BCUT2D eigenvalue weighted by atomic mass is 10.2. The zero-order chi connectivity index (χ0) is 17.4. The Kier molecular flexibility index (Phi) is 4.45. The molecule has 7 heteroatoms. The van der Waals surface area contributed by atoms with Crippen LogP contribution in [0.25, 0.3) is 0 Å². The van der Waals surface area contributed by atoms with E-state index in [1.165, 1.54) is 5.56 Å². The molecule has 3 rings (SSSR count). The SMILES string of the molecule is CC1c2nc(C(=O)N(C)C)cn2CCN1Cc1cnn(C(C)C)c1. The first-order chi connectivity index (χ1) is 11.4. The number of rotatable bonds is 4. The van der Waals surface area contributed by atoms with Crippen molar-refractivity contribution >= 4 is 5.91 Å². The van der Waals surface area contributed by atoms with Gasteiger partial charge in [-0.1, -0.05) is 0 Å². The molecule has 2 aromatic heterocycles. The van der Waals surface area contributed by atoms with E-state index in [-0.39, 0.29) is 11.9 Å². The fraction of sp³-hybridized carbons (Fsp3) is 0.588. The van der Waals surface area contributed by atoms with E-state index >= 15 is 0 Å². The zero-order valence-electron chi connectivity index (χ0n) is 15.1. The Morgan fingerprint density at radius 1 is 1.33 bits per heavy atom. The van der Waals surface area contributed by atoms with Crippen LogP contribution in [0.15, 0.2) is 18.6 Å². The average Bonchev–Trinajstić information content (AvgIpc) is 3.16. The summed E-state index contributed by atoms with van der Waals surface area (Å²) in [6.45, 7) is 9.03. The summed E-state index contributed by atoms with van der Waals surface area (Å²) in [5, 5.41) is 4.42. The van der Waals surface area contributed by atoms with Crippen LogP contribution in [0, 0.1) is 0 Å². The van der Waals surface area contributed by atoms with Gasteiger partial charge in [0.25, 0.3) is 5.91 Å². The van der Waals surface area contributed by atoms with Gasteiger partial charge >= 0.3 is 0 Å². The molecule has 0 radical (unpaired) electrons. The molecule has 0 aliphatic carbocycles. The molecule has 130 valence electrons. The number of nitrogens with zero attached hydrogens (tertiary/aromatic N) is 6. The molecule has 0 saturated heterocycles. The molecular formula is C17H26N6O. The summed E-state index contributed by atoms with van der Waals surface area (Å²) in [7, 11) is 3.51. The third-order valence-electron chi connectivity index (χ3n) is 4.55. The molecule has 0 fully saturated rings. The number of imidazole rings is 1. The Bertz CT molecular complexity index is 729. The maximum Gasteiger partial charge on any atom is 0.273 e. The predicted octanol–water partition coefficient (Wildman–Crippen LogP) is 1.94. The highest BCUT2D eigenvalue weighted by atomic mass is 16.2. The molecule has 1 aliphatic heterocycles. The smallest absolute Gasteiger partial charge is 0.273 e. The Morgan fingerprint density at radius 3 is 2.71 bits per heavy atom. The molecule has 7 nitrogen and oxygen atoms in total. The van der Waals surface area contributed by atoms with Crippen molar-refractivity contribution in [1.29, 1.82) is 0 Å². The Morgan fingerprint density at radius 2 is 2.08 bits per heavy atom. The van der Waals surface area contributed by atoms with Crippen LogP contribution in [0.2, 0.25) is 0 Å². The fourth-order valence-electron chi connectivity index (χ4n) is 3.06. The molecule has 1 unspecified atom stereocenters. The van der Waals surface area contributed by atoms with E-state index in [0.29, 0.717) is 11.7 Å². The van der Waals surface area contributed by atoms with Gasteiger partial charge in [0, 0.05) is 57.7 Å². The van der Waals surface area contributed by atoms with Crippen molar-refractivity contribution in [2.75, 3.05) is 20.6 Å². The number of carbonyl (C=O) groups excluding carboxylic acids is 1. The number of hydrogen-bond donors (Lipinski definition) is 0. The second kappa shape index (κ2) is 6.39. The van der Waals surface area contributed by atoms with Gasteiger partial charge in [0.2, 0.25) is 0 Å². The number of fused-ring (bicyclic) bond motifs is 1. The molecule has 3 heterocycles. The van der Waals surface area contributed by atoms with Gasteiger partial charge in [0.1, 0.15) is 11.5 Å². The van der Waals surface area contributed by atoms with Crippen LogP contribution in [0.4, 0.5) is 0 Å². The number of hydrogen-bond acceptors (Lipinski definition) is 4. The fourth-order valence-corrected chi connectivity index (χ4v) is 3.06. The lowest BCUT2D eigenvalue weighted by Crippen LogP contribution is -2.36. The number of amides is 1. The van der Waals surface area contributed by atoms with E-state index < -0.39 is 0 Å². The zero-order valence-corrected chi connectivity index (χ0v) is 15.1. The summed E-state index contributed by atoms with van der Waals surface area (Å²) in [6.07, 6.45) is 5.93. The third-order valence-corrected chi connectivity index (χ3v) is 4.55. The van der Waals surface area contributed by atoms with Gasteiger partial charge in [0.15, 0.2) is 0 Å². The summed E-state index contributed by atoms with van der Waals surface area (Å²) in [5.41, 5.74) is 1.73. The largest absolute Gasteiger partial charge is 0.343 e. The summed E-state index contributed by atoms with van der Waals surface area (Å²) >= 11 is 0. The van der Waals surface area contributed by atoms with E-state index in [4.69, 9.17) is 0 Å². The van der Waals surface area contributed by atoms with Crippen LogP contribution in [-0.4, -0.2) is 55.7 Å². The normalized spacial score (nSPS) is 18.0. The van der Waals surface area contributed by atoms with Crippen LogP contribution < -0.4 is 0 Å². The van der Waals surface area contributed by atoms with Crippen molar-refractivity contribution in [3.8, 4) is 0 Å². The van der Waals surface area contributed by atoms with Crippen molar-refractivity contribution in [1.82, 2.24) is 29.1 Å². The molecule has 0 aromatic carbocycles. The Balaban J connectivity index is 1.76. The molecule has 1 amide bonds. The monoisotopic (exact) mass is 330 g/mol. The first kappa shape index (κ1) is 16.7. The van der Waals surface area contributed by atoms with E-state index in [2.05, 4.69) is 46.5 Å². The quantitative estimate of drug-likeness (QED) is 0.859. The molecule has 1 atom stereocenters. The van der Waals surface area contributed by atoms with Crippen molar-refractivity contribution in [3.63, 3.8) is 0 Å². The first-order valence-electron chi connectivity index (χ1n) is 8.42. The molecule has 2 aromatic rings. The van der Waals surface area contributed by atoms with Gasteiger partial charge in [-0.2, -0.15) is 5.10 Å². The Labute approximate surface area is 142 Å². The highest BCUT2D eigenvalue weighted by molar-refractivity contribution is 5.91. The van der Waals surface area contributed by atoms with Gasteiger partial charge in [-0.15, -0.1) is 0 Å². The molecule has 0 N–H and O–H groups in total. The summed E-state index contributed by atoms with van der Waals surface area (Å²) in [4.78, 5) is 20.7. The van der Waals surface area contributed by atoms with E-state index in [9.17, 15) is 4.79 Å². The third kappa shape index (κ3) is 3.08. The van der Waals surface area contributed by atoms with Gasteiger partial charge in [-0.3, -0.25) is 14.4 Å². The van der Waals surface area contributed by atoms with Gasteiger partial charge < -0.3 is 9.47 Å². The van der Waals surface area contributed by atoms with Crippen LogP contribution in [-0.2, 0) is 13.1 Å². The lowest BCUT2D eigenvalue weighted by molar-refractivity contribution is 0.0822. The lowest BCUT2D eigenvalue weighted by Gasteiger charge is -2.33. The molecule has 0 spiro atoms. The maximum absolute atomic E-state index is 12.1. The van der Waals surface area contributed by atoms with Gasteiger partial charge in [-0.25, -0.2) is 4.98 Å². The topological polar surface area (TPSA) is 59.2 Å². The molecule has 0 saturated carbocycles. The van der Waals surface area contributed by atoms with Crippen molar-refractivity contribution in [3.05, 3.63) is 35.7 Å². The highest BCUT2D eigenvalue weighted by Crippen LogP contribution is 2.26. The molecule has 1 aliphatic rings. The van der Waals surface area contributed by atoms with Crippen LogP contribution in [0.3, 0.4) is 0 Å². The van der Waals surface area contributed by atoms with Gasteiger partial charge in [0.05, 0.1) is 12.2 Å². The highest BCUT2D eigenvalue weighted by Gasteiger charge is 2.28. The number of aromatic nitrogens is 4. The standard InChI is InChI=1S/C17H26N6O/c1-12(2)23-10-14(8-18-23)9-21-6-7-22-11-15(17(24)20(4)5)19-16(22)13(21)3/h8,10-13H,6-7,9H2,1-5H3. The summed E-state index contributed by atoms with van der Waals surface area (Å²) in [6, 6.07) is 0.542. The molecule has 0 bridgehead atoms. The second-order valence-electron chi connectivity index (χ2n) is 6.95. The number of carbonyl (C=O) groups is 1. The average molecular weight is 330 g/mol. The van der Waals surface area contributed by atoms with E-state index in [0.717, 1.165) is 25.5 Å². The molecular weight excluding hydrogens is 304 g/mol. The second-order valence-corrected chi connectivity index (χ2v) is 6.95. The predicted molar refractivity (Wildman–Crippen MR) is 91.7 cm³/mol. The van der Waals surface area contributed by atoms with Crippen LogP contribution >= 0.6 is 0 Å². The van der Waals surface area contributed by atoms with Crippen molar-refractivity contribution < 1.29 is 4.79 Å². The van der Waals surface area contributed by atoms with Crippen molar-refractivity contribution in [2.24, 2.45) is 0 Å². The summed E-state index contributed by atoms with van der Waals surface area (Å²) in [5.74, 6) is 0.913. The van der Waals surface area contributed by atoms with Crippen molar-refractivity contribution in [2.45, 2.75) is 45.9 Å². The minimum Gasteiger partial charge on any atom is -0.343 e. The Hall–Kier alpha value is -2.15. The van der Waals surface area contributed by atoms with Crippen LogP contribution in [0.5, 0.6) is 0 Å². The van der Waals surface area contributed by atoms with Crippen LogP contribution in [0.1, 0.15) is 54.7 Å². The maximum atomic E-state index is 12.1. The summed E-state index contributed by atoms with van der Waals surface area (Å²) < 4.78 is 4.09.